The minimum absolute atomic E-state index is 0.913. The first-order valence-corrected chi connectivity index (χ1v) is 7.21. The summed E-state index contributed by atoms with van der Waals surface area (Å²) in [6.07, 6.45) is 5.77. The van der Waals surface area contributed by atoms with Crippen molar-refractivity contribution in [3.8, 4) is 0 Å². The fourth-order valence-electron chi connectivity index (χ4n) is 1.52. The highest BCUT2D eigenvalue weighted by Gasteiger charge is 2.20. The summed E-state index contributed by atoms with van der Waals surface area (Å²) in [5, 5.41) is 1.83. The quantitative estimate of drug-likeness (QED) is 0.559. The van der Waals surface area contributed by atoms with Gasteiger partial charge in [0.05, 0.1) is 0 Å². The average Bonchev–Trinajstić information content (AvgIpc) is 2.27. The lowest BCUT2D eigenvalue weighted by Crippen LogP contribution is -2.03. The van der Waals surface area contributed by atoms with E-state index in [1.807, 2.05) is 69.1 Å². The predicted molar refractivity (Wildman–Crippen MR) is 68.2 cm³/mol. The minimum atomic E-state index is -2.40. The van der Waals surface area contributed by atoms with Gasteiger partial charge in [-0.2, -0.15) is 0 Å². The maximum atomic E-state index is 12.6. The van der Waals surface area contributed by atoms with Crippen molar-refractivity contribution < 1.29 is 4.57 Å². The predicted octanol–water partition coefficient (Wildman–Crippen LogP) is 3.78. The van der Waals surface area contributed by atoms with Crippen molar-refractivity contribution in [1.82, 2.24) is 0 Å². The third-order valence-electron chi connectivity index (χ3n) is 2.37. The summed E-state index contributed by atoms with van der Waals surface area (Å²) in [6, 6.07) is 9.64. The summed E-state index contributed by atoms with van der Waals surface area (Å²) in [6.45, 7) is 5.68. The second-order valence-electron chi connectivity index (χ2n) is 3.47. The van der Waals surface area contributed by atoms with E-state index in [0.717, 1.165) is 10.6 Å². The molecule has 1 aromatic rings. The summed E-state index contributed by atoms with van der Waals surface area (Å²) in [7, 11) is -2.40. The standard InChI is InChI=1S/C13H17OP/c1-4-9-12(5-2)15(3,14)13-10-7-6-8-11-13/h4-11H,1-3H3/b9-4-,12-5+. The van der Waals surface area contributed by atoms with E-state index in [0.29, 0.717) is 0 Å². The molecule has 0 amide bonds. The minimum Gasteiger partial charge on any atom is -0.314 e. The highest BCUT2D eigenvalue weighted by molar-refractivity contribution is 7.75. The van der Waals surface area contributed by atoms with Crippen molar-refractivity contribution in [3.05, 3.63) is 53.9 Å². The Labute approximate surface area is 91.9 Å². The first-order chi connectivity index (χ1) is 7.12. The first kappa shape index (κ1) is 12.0. The van der Waals surface area contributed by atoms with Crippen LogP contribution in [-0.4, -0.2) is 6.66 Å². The van der Waals surface area contributed by atoms with Crippen LogP contribution >= 0.6 is 7.14 Å². The van der Waals surface area contributed by atoms with Crippen LogP contribution in [0, 0.1) is 0 Å². The smallest absolute Gasteiger partial charge is 0.140 e. The Bertz CT molecular complexity index is 415. The molecule has 0 fully saturated rings. The van der Waals surface area contributed by atoms with E-state index in [2.05, 4.69) is 0 Å². The molecule has 0 heterocycles. The lowest BCUT2D eigenvalue weighted by Gasteiger charge is -2.14. The molecular weight excluding hydrogens is 203 g/mol. The van der Waals surface area contributed by atoms with Gasteiger partial charge < -0.3 is 4.57 Å². The summed E-state index contributed by atoms with van der Waals surface area (Å²) in [4.78, 5) is 0. The molecule has 0 aliphatic rings. The molecule has 1 rings (SSSR count). The van der Waals surface area contributed by atoms with Crippen LogP contribution in [0.25, 0.3) is 0 Å². The van der Waals surface area contributed by atoms with E-state index in [1.54, 1.807) is 0 Å². The van der Waals surface area contributed by atoms with Crippen LogP contribution in [-0.2, 0) is 4.57 Å². The second kappa shape index (κ2) is 5.14. The highest BCUT2D eigenvalue weighted by Crippen LogP contribution is 2.49. The van der Waals surface area contributed by atoms with E-state index in [4.69, 9.17) is 0 Å². The lowest BCUT2D eigenvalue weighted by atomic mass is 10.4. The fourth-order valence-corrected chi connectivity index (χ4v) is 3.48. The van der Waals surface area contributed by atoms with Crippen molar-refractivity contribution >= 4 is 12.4 Å². The molecule has 0 spiro atoms. The molecular formula is C13H17OP. The third-order valence-corrected chi connectivity index (χ3v) is 5.05. The van der Waals surface area contributed by atoms with Crippen molar-refractivity contribution in [1.29, 1.82) is 0 Å². The Hall–Kier alpha value is -1.07. The Morgan fingerprint density at radius 3 is 2.27 bits per heavy atom. The summed E-state index contributed by atoms with van der Waals surface area (Å²) < 4.78 is 12.6. The molecule has 0 radical (unpaired) electrons. The molecule has 80 valence electrons. The number of hydrogen-bond donors (Lipinski definition) is 0. The molecule has 0 saturated heterocycles. The molecule has 1 nitrogen and oxygen atoms in total. The van der Waals surface area contributed by atoms with E-state index >= 15 is 0 Å². The number of hydrogen-bond acceptors (Lipinski definition) is 1. The Morgan fingerprint density at radius 2 is 1.80 bits per heavy atom. The average molecular weight is 220 g/mol. The zero-order valence-electron chi connectivity index (χ0n) is 9.47. The summed E-state index contributed by atoms with van der Waals surface area (Å²) >= 11 is 0. The van der Waals surface area contributed by atoms with Crippen LogP contribution in [0.4, 0.5) is 0 Å². The number of rotatable bonds is 3. The number of allylic oxidation sites excluding steroid dienone is 4. The largest absolute Gasteiger partial charge is 0.314 e. The third kappa shape index (κ3) is 2.70. The molecule has 0 aromatic heterocycles. The maximum absolute atomic E-state index is 12.6. The van der Waals surface area contributed by atoms with Gasteiger partial charge in [0.2, 0.25) is 0 Å². The number of benzene rings is 1. The van der Waals surface area contributed by atoms with Gasteiger partial charge in [-0.15, -0.1) is 0 Å². The zero-order chi connectivity index (χ0) is 11.3. The molecule has 0 N–H and O–H groups in total. The first-order valence-electron chi connectivity index (χ1n) is 5.05. The normalized spacial score (nSPS) is 16.6. The van der Waals surface area contributed by atoms with Gasteiger partial charge in [-0.25, -0.2) is 0 Å². The molecule has 0 bridgehead atoms. The van der Waals surface area contributed by atoms with Crippen molar-refractivity contribution in [2.45, 2.75) is 13.8 Å². The van der Waals surface area contributed by atoms with Crippen molar-refractivity contribution in [3.63, 3.8) is 0 Å². The van der Waals surface area contributed by atoms with Crippen LogP contribution in [0.15, 0.2) is 53.9 Å². The van der Waals surface area contributed by atoms with Crippen LogP contribution < -0.4 is 5.30 Å². The van der Waals surface area contributed by atoms with Gasteiger partial charge >= 0.3 is 0 Å². The second-order valence-corrected chi connectivity index (χ2v) is 6.35. The van der Waals surface area contributed by atoms with Gasteiger partial charge in [-0.1, -0.05) is 48.6 Å². The molecule has 15 heavy (non-hydrogen) atoms. The Morgan fingerprint density at radius 1 is 1.20 bits per heavy atom. The van der Waals surface area contributed by atoms with Gasteiger partial charge in [0.1, 0.15) is 7.14 Å². The molecule has 1 unspecified atom stereocenters. The Kier molecular flexibility index (Phi) is 4.11. The van der Waals surface area contributed by atoms with Crippen LogP contribution in [0.1, 0.15) is 13.8 Å². The zero-order valence-corrected chi connectivity index (χ0v) is 10.4. The van der Waals surface area contributed by atoms with Gasteiger partial charge in [0, 0.05) is 10.6 Å². The van der Waals surface area contributed by atoms with E-state index in [-0.39, 0.29) is 0 Å². The van der Waals surface area contributed by atoms with E-state index in [1.165, 1.54) is 0 Å². The Balaban J connectivity index is 3.19. The van der Waals surface area contributed by atoms with Crippen LogP contribution in [0.2, 0.25) is 0 Å². The van der Waals surface area contributed by atoms with Crippen LogP contribution in [0.5, 0.6) is 0 Å². The molecule has 2 heteroatoms. The highest BCUT2D eigenvalue weighted by atomic mass is 31.2. The topological polar surface area (TPSA) is 17.1 Å². The molecule has 0 aliphatic carbocycles. The summed E-state index contributed by atoms with van der Waals surface area (Å²) in [5.74, 6) is 0. The SMILES string of the molecule is C/C=C\C(=C/C)P(C)(=O)c1ccccc1. The van der Waals surface area contributed by atoms with Gasteiger partial charge in [0.15, 0.2) is 0 Å². The van der Waals surface area contributed by atoms with Crippen molar-refractivity contribution in [2.24, 2.45) is 0 Å². The van der Waals surface area contributed by atoms with E-state index < -0.39 is 7.14 Å². The molecule has 1 aromatic carbocycles. The fraction of sp³-hybridized carbons (Fsp3) is 0.231. The molecule has 0 saturated carbocycles. The van der Waals surface area contributed by atoms with Crippen LogP contribution in [0.3, 0.4) is 0 Å². The van der Waals surface area contributed by atoms with Crippen molar-refractivity contribution in [2.75, 3.05) is 6.66 Å². The van der Waals surface area contributed by atoms with Gasteiger partial charge in [0.25, 0.3) is 0 Å². The molecule has 0 aliphatic heterocycles. The lowest BCUT2D eigenvalue weighted by molar-refractivity contribution is 0.589. The van der Waals surface area contributed by atoms with Gasteiger partial charge in [-0.3, -0.25) is 0 Å². The monoisotopic (exact) mass is 220 g/mol. The summed E-state index contributed by atoms with van der Waals surface area (Å²) in [5.41, 5.74) is 0. The molecule has 1 atom stereocenters. The van der Waals surface area contributed by atoms with Gasteiger partial charge in [-0.05, 0) is 20.5 Å². The maximum Gasteiger partial charge on any atom is 0.140 e. The van der Waals surface area contributed by atoms with E-state index in [9.17, 15) is 4.57 Å².